The molecule has 0 bridgehead atoms. The van der Waals surface area contributed by atoms with Crippen LogP contribution in [0.25, 0.3) is 0 Å². The van der Waals surface area contributed by atoms with Gasteiger partial charge in [0.25, 0.3) is 5.91 Å². The molecule has 3 rings (SSSR count). The first-order chi connectivity index (χ1) is 13.0. The minimum Gasteiger partial charge on any atom is -0.484 e. The minimum absolute atomic E-state index is 0.0339. The summed E-state index contributed by atoms with van der Waals surface area (Å²) in [7, 11) is 1.74. The highest BCUT2D eigenvalue weighted by atomic mass is 16.7. The van der Waals surface area contributed by atoms with Crippen LogP contribution in [0.2, 0.25) is 0 Å². The molecule has 1 aliphatic heterocycles. The van der Waals surface area contributed by atoms with E-state index in [4.69, 9.17) is 14.2 Å². The highest BCUT2D eigenvalue weighted by Crippen LogP contribution is 2.32. The van der Waals surface area contributed by atoms with Crippen molar-refractivity contribution in [1.82, 2.24) is 4.90 Å². The van der Waals surface area contributed by atoms with E-state index < -0.39 is 0 Å². The van der Waals surface area contributed by atoms with Crippen LogP contribution in [0.15, 0.2) is 42.5 Å². The minimum atomic E-state index is -0.117. The zero-order valence-corrected chi connectivity index (χ0v) is 15.6. The highest BCUT2D eigenvalue weighted by Gasteiger charge is 2.15. The molecular weight excluding hydrogens is 346 g/mol. The second-order valence-electron chi connectivity index (χ2n) is 6.57. The Morgan fingerprint density at radius 1 is 1.04 bits per heavy atom. The summed E-state index contributed by atoms with van der Waals surface area (Å²) in [4.78, 5) is 24.9. The van der Waals surface area contributed by atoms with Gasteiger partial charge in [0.15, 0.2) is 18.1 Å². The van der Waals surface area contributed by atoms with Gasteiger partial charge in [-0.3, -0.25) is 4.79 Å². The molecule has 0 radical (unpaired) electrons. The Labute approximate surface area is 158 Å². The van der Waals surface area contributed by atoms with E-state index in [9.17, 15) is 9.59 Å². The second kappa shape index (κ2) is 8.58. The maximum absolute atomic E-state index is 12.3. The number of carbonyl (C=O) groups excluding carboxylic acids is 2. The number of ketones is 1. The Bertz CT molecular complexity index is 816. The molecular formula is C21H23NO5. The molecule has 0 N–H and O–H groups in total. The van der Waals surface area contributed by atoms with Gasteiger partial charge in [0, 0.05) is 20.0 Å². The molecule has 142 valence electrons. The number of hydrogen-bond donors (Lipinski definition) is 0. The van der Waals surface area contributed by atoms with Gasteiger partial charge in [-0.15, -0.1) is 0 Å². The van der Waals surface area contributed by atoms with Crippen LogP contribution in [0.4, 0.5) is 0 Å². The summed E-state index contributed by atoms with van der Waals surface area (Å²) < 4.78 is 16.2. The van der Waals surface area contributed by atoms with Gasteiger partial charge in [0.05, 0.1) is 0 Å². The van der Waals surface area contributed by atoms with Crippen molar-refractivity contribution in [2.75, 3.05) is 20.4 Å². The van der Waals surface area contributed by atoms with Crippen LogP contribution >= 0.6 is 0 Å². The van der Waals surface area contributed by atoms with Crippen LogP contribution in [0.1, 0.15) is 24.5 Å². The average molecular weight is 369 g/mol. The van der Waals surface area contributed by atoms with Crippen LogP contribution in [0.5, 0.6) is 17.2 Å². The van der Waals surface area contributed by atoms with Crippen LogP contribution in [-0.2, 0) is 22.6 Å². The maximum Gasteiger partial charge on any atom is 0.260 e. The van der Waals surface area contributed by atoms with Crippen molar-refractivity contribution in [2.24, 2.45) is 0 Å². The monoisotopic (exact) mass is 369 g/mol. The Balaban J connectivity index is 1.47. The van der Waals surface area contributed by atoms with Crippen molar-refractivity contribution in [3.63, 3.8) is 0 Å². The van der Waals surface area contributed by atoms with Gasteiger partial charge in [-0.2, -0.15) is 0 Å². The number of benzene rings is 2. The van der Waals surface area contributed by atoms with Crippen LogP contribution in [-0.4, -0.2) is 37.0 Å². The third-order valence-electron chi connectivity index (χ3n) is 4.33. The van der Waals surface area contributed by atoms with E-state index in [1.165, 1.54) is 0 Å². The molecule has 0 aromatic heterocycles. The second-order valence-corrected chi connectivity index (χ2v) is 6.57. The average Bonchev–Trinajstić information content (AvgIpc) is 3.13. The molecule has 0 fully saturated rings. The topological polar surface area (TPSA) is 65.1 Å². The number of fused-ring (bicyclic) bond motifs is 1. The first kappa shape index (κ1) is 18.8. The third-order valence-corrected chi connectivity index (χ3v) is 4.33. The molecule has 1 aliphatic rings. The van der Waals surface area contributed by atoms with Gasteiger partial charge in [-0.05, 0) is 48.7 Å². The van der Waals surface area contributed by atoms with Crippen LogP contribution < -0.4 is 14.2 Å². The molecule has 0 spiro atoms. The third kappa shape index (κ3) is 5.23. The van der Waals surface area contributed by atoms with Gasteiger partial charge in [0.1, 0.15) is 11.5 Å². The van der Waals surface area contributed by atoms with Crippen LogP contribution in [0, 0.1) is 0 Å². The highest BCUT2D eigenvalue weighted by molar-refractivity contribution is 5.77. The maximum atomic E-state index is 12.3. The number of hydrogen-bond acceptors (Lipinski definition) is 5. The van der Waals surface area contributed by atoms with E-state index in [0.29, 0.717) is 30.9 Å². The van der Waals surface area contributed by atoms with E-state index >= 15 is 0 Å². The molecule has 6 heteroatoms. The molecule has 6 nitrogen and oxygen atoms in total. The fourth-order valence-corrected chi connectivity index (χ4v) is 2.73. The van der Waals surface area contributed by atoms with Gasteiger partial charge in [-0.25, -0.2) is 0 Å². The number of aryl methyl sites for hydroxylation is 1. The first-order valence-corrected chi connectivity index (χ1v) is 8.85. The predicted molar refractivity (Wildman–Crippen MR) is 100.0 cm³/mol. The molecule has 0 saturated heterocycles. The molecule has 0 unspecified atom stereocenters. The van der Waals surface area contributed by atoms with Crippen molar-refractivity contribution < 1.29 is 23.8 Å². The molecule has 0 saturated carbocycles. The largest absolute Gasteiger partial charge is 0.484 e. The van der Waals surface area contributed by atoms with Crippen molar-refractivity contribution in [2.45, 2.75) is 26.3 Å². The number of amides is 1. The number of rotatable bonds is 8. The Kier molecular flexibility index (Phi) is 5.96. The number of nitrogens with zero attached hydrogens (tertiary/aromatic N) is 1. The van der Waals surface area contributed by atoms with E-state index in [0.717, 1.165) is 16.9 Å². The van der Waals surface area contributed by atoms with Crippen LogP contribution in [0.3, 0.4) is 0 Å². The number of ether oxygens (including phenoxy) is 3. The quantitative estimate of drug-likeness (QED) is 0.716. The van der Waals surface area contributed by atoms with Gasteiger partial charge < -0.3 is 23.9 Å². The zero-order valence-electron chi connectivity index (χ0n) is 15.6. The van der Waals surface area contributed by atoms with Crippen molar-refractivity contribution >= 4 is 11.7 Å². The summed E-state index contributed by atoms with van der Waals surface area (Å²) in [6.45, 7) is 2.24. The number of Topliss-reactive ketones (excluding diaryl/α,β-unsaturated/α-hetero) is 1. The molecule has 0 atom stereocenters. The molecule has 2 aromatic rings. The normalized spacial score (nSPS) is 11.9. The fraction of sp³-hybridized carbons (Fsp3) is 0.333. The molecule has 0 aliphatic carbocycles. The number of carbonyl (C=O) groups is 2. The number of likely N-dealkylation sites (N-methyl/N-ethyl adjacent to an activating group) is 1. The van der Waals surface area contributed by atoms with E-state index in [1.807, 2.05) is 42.5 Å². The van der Waals surface area contributed by atoms with E-state index in [-0.39, 0.29) is 25.1 Å². The lowest BCUT2D eigenvalue weighted by molar-refractivity contribution is -0.132. The summed E-state index contributed by atoms with van der Waals surface area (Å²) in [5.74, 6) is 2.11. The van der Waals surface area contributed by atoms with Crippen molar-refractivity contribution in [3.8, 4) is 17.2 Å². The van der Waals surface area contributed by atoms with Gasteiger partial charge in [-0.1, -0.05) is 18.2 Å². The first-order valence-electron chi connectivity index (χ1n) is 8.85. The Morgan fingerprint density at radius 2 is 1.74 bits per heavy atom. The molecule has 2 aromatic carbocycles. The summed E-state index contributed by atoms with van der Waals surface area (Å²) in [5.41, 5.74) is 2.04. The van der Waals surface area contributed by atoms with Crippen molar-refractivity contribution in [1.29, 1.82) is 0 Å². The predicted octanol–water partition coefficient (Wildman–Crippen LogP) is 2.97. The summed E-state index contributed by atoms with van der Waals surface area (Å²) in [6, 6.07) is 13.1. The summed E-state index contributed by atoms with van der Waals surface area (Å²) >= 11 is 0. The Morgan fingerprint density at radius 3 is 2.48 bits per heavy atom. The Hall–Kier alpha value is -3.02. The van der Waals surface area contributed by atoms with Gasteiger partial charge >= 0.3 is 0 Å². The lowest BCUT2D eigenvalue weighted by Gasteiger charge is -2.18. The van der Waals surface area contributed by atoms with E-state index in [2.05, 4.69) is 0 Å². The zero-order chi connectivity index (χ0) is 19.2. The van der Waals surface area contributed by atoms with Crippen molar-refractivity contribution in [3.05, 3.63) is 53.6 Å². The van der Waals surface area contributed by atoms with Gasteiger partial charge in [0.2, 0.25) is 6.79 Å². The SMILES string of the molecule is CC(=O)CCc1ccc(OCC(=O)N(C)Cc2ccc3c(c2)OCO3)cc1. The summed E-state index contributed by atoms with van der Waals surface area (Å²) in [5, 5.41) is 0. The molecule has 1 amide bonds. The summed E-state index contributed by atoms with van der Waals surface area (Å²) in [6.07, 6.45) is 1.25. The standard InChI is InChI=1S/C21H23NO5/c1-15(23)3-4-16-5-8-18(9-6-16)25-13-21(24)22(2)12-17-7-10-19-20(11-17)27-14-26-19/h5-11H,3-4,12-14H2,1-2H3. The smallest absolute Gasteiger partial charge is 0.260 e. The molecule has 27 heavy (non-hydrogen) atoms. The fourth-order valence-electron chi connectivity index (χ4n) is 2.73. The van der Waals surface area contributed by atoms with E-state index in [1.54, 1.807) is 18.9 Å². The lowest BCUT2D eigenvalue weighted by atomic mass is 10.1. The lowest BCUT2D eigenvalue weighted by Crippen LogP contribution is -2.30. The molecule has 1 heterocycles.